The number of hydrogen-bond donors (Lipinski definition) is 1. The van der Waals surface area contributed by atoms with Crippen LogP contribution in [0.15, 0.2) is 47.4 Å². The number of aryl methyl sites for hydroxylation is 2. The number of hydrogen-bond acceptors (Lipinski definition) is 4. The Morgan fingerprint density at radius 2 is 1.75 bits per heavy atom. The van der Waals surface area contributed by atoms with E-state index in [9.17, 15) is 13.2 Å². The zero-order valence-electron chi connectivity index (χ0n) is 16.3. The van der Waals surface area contributed by atoms with Gasteiger partial charge in [0, 0.05) is 18.7 Å². The van der Waals surface area contributed by atoms with Crippen molar-refractivity contribution in [3.05, 3.63) is 59.2 Å². The summed E-state index contributed by atoms with van der Waals surface area (Å²) in [5, 5.41) is 2.77. The molecule has 0 aromatic heterocycles. The molecule has 0 bridgehead atoms. The van der Waals surface area contributed by atoms with Gasteiger partial charge in [-0.2, -0.15) is 4.31 Å². The highest BCUT2D eigenvalue weighted by Crippen LogP contribution is 2.21. The van der Waals surface area contributed by atoms with Crippen molar-refractivity contribution in [3.63, 3.8) is 0 Å². The number of rotatable bonds is 7. The first kappa shape index (κ1) is 20.4. The van der Waals surface area contributed by atoms with E-state index in [2.05, 4.69) is 11.4 Å². The summed E-state index contributed by atoms with van der Waals surface area (Å²) >= 11 is 0. The normalized spacial score (nSPS) is 14.8. The monoisotopic (exact) mass is 402 g/mol. The van der Waals surface area contributed by atoms with E-state index >= 15 is 0 Å². The number of nitrogens with zero attached hydrogens (tertiary/aromatic N) is 1. The fraction of sp³-hybridized carbons (Fsp3) is 0.381. The van der Waals surface area contributed by atoms with Gasteiger partial charge in [-0.15, -0.1) is 0 Å². The van der Waals surface area contributed by atoms with Gasteiger partial charge < -0.3 is 10.1 Å². The molecule has 6 nitrogen and oxygen atoms in total. The Morgan fingerprint density at radius 1 is 1.07 bits per heavy atom. The van der Waals surface area contributed by atoms with Crippen molar-refractivity contribution < 1.29 is 17.9 Å². The molecule has 7 heteroatoms. The molecule has 0 atom stereocenters. The van der Waals surface area contributed by atoms with Crippen LogP contribution in [0.1, 0.15) is 34.3 Å². The van der Waals surface area contributed by atoms with Gasteiger partial charge in [-0.05, 0) is 68.1 Å². The zero-order chi connectivity index (χ0) is 20.1. The third-order valence-electron chi connectivity index (χ3n) is 4.65. The lowest BCUT2D eigenvalue weighted by Gasteiger charge is -2.16. The SMILES string of the molecule is Cc1cc(C)cc(OCCNC(=O)c2cccc(S(=O)(=O)N3CCCC3)c2)c1. The Bertz CT molecular complexity index is 930. The summed E-state index contributed by atoms with van der Waals surface area (Å²) in [6, 6.07) is 12.1. The quantitative estimate of drug-likeness (QED) is 0.723. The van der Waals surface area contributed by atoms with Crippen LogP contribution in [0.25, 0.3) is 0 Å². The molecule has 1 N–H and O–H groups in total. The van der Waals surface area contributed by atoms with Crippen molar-refractivity contribution in [3.8, 4) is 5.75 Å². The highest BCUT2D eigenvalue weighted by Gasteiger charge is 2.27. The maximum Gasteiger partial charge on any atom is 0.251 e. The van der Waals surface area contributed by atoms with Crippen LogP contribution in [0, 0.1) is 13.8 Å². The molecule has 150 valence electrons. The van der Waals surface area contributed by atoms with Gasteiger partial charge >= 0.3 is 0 Å². The average Bonchev–Trinajstić information content (AvgIpc) is 3.20. The highest BCUT2D eigenvalue weighted by atomic mass is 32.2. The molecule has 1 amide bonds. The number of benzene rings is 2. The maximum atomic E-state index is 12.7. The molecule has 1 fully saturated rings. The summed E-state index contributed by atoms with van der Waals surface area (Å²) in [6.45, 7) is 5.74. The Balaban J connectivity index is 1.57. The summed E-state index contributed by atoms with van der Waals surface area (Å²) in [5.41, 5.74) is 2.57. The van der Waals surface area contributed by atoms with Gasteiger partial charge in [0.1, 0.15) is 12.4 Å². The van der Waals surface area contributed by atoms with Crippen LogP contribution in [-0.2, 0) is 10.0 Å². The van der Waals surface area contributed by atoms with Crippen molar-refractivity contribution in [1.82, 2.24) is 9.62 Å². The number of ether oxygens (including phenoxy) is 1. The predicted octanol–water partition coefficient (Wildman–Crippen LogP) is 2.90. The molecule has 1 aliphatic rings. The number of sulfonamides is 1. The smallest absolute Gasteiger partial charge is 0.251 e. The van der Waals surface area contributed by atoms with Gasteiger partial charge in [0.2, 0.25) is 10.0 Å². The number of nitrogens with one attached hydrogen (secondary N) is 1. The zero-order valence-corrected chi connectivity index (χ0v) is 17.1. The molecule has 0 aliphatic carbocycles. The molecule has 0 saturated carbocycles. The molecule has 28 heavy (non-hydrogen) atoms. The van der Waals surface area contributed by atoms with E-state index < -0.39 is 10.0 Å². The Hall–Kier alpha value is -2.38. The van der Waals surface area contributed by atoms with Crippen LogP contribution in [0.4, 0.5) is 0 Å². The van der Waals surface area contributed by atoms with Gasteiger partial charge in [-0.25, -0.2) is 8.42 Å². The van der Waals surface area contributed by atoms with E-state index in [1.54, 1.807) is 12.1 Å². The predicted molar refractivity (Wildman–Crippen MR) is 108 cm³/mol. The molecule has 0 unspecified atom stereocenters. The van der Waals surface area contributed by atoms with Crippen molar-refractivity contribution in [2.24, 2.45) is 0 Å². The molecule has 3 rings (SSSR count). The minimum absolute atomic E-state index is 0.161. The lowest BCUT2D eigenvalue weighted by molar-refractivity contribution is 0.0946. The van der Waals surface area contributed by atoms with E-state index in [-0.39, 0.29) is 10.8 Å². The highest BCUT2D eigenvalue weighted by molar-refractivity contribution is 7.89. The molecular weight excluding hydrogens is 376 g/mol. The topological polar surface area (TPSA) is 75.7 Å². The fourth-order valence-corrected chi connectivity index (χ4v) is 4.89. The van der Waals surface area contributed by atoms with Gasteiger partial charge in [-0.1, -0.05) is 12.1 Å². The molecular formula is C21H26N2O4S. The first-order valence-corrected chi connectivity index (χ1v) is 10.9. The molecule has 1 aliphatic heterocycles. The molecule has 0 spiro atoms. The number of carbonyl (C=O) groups is 1. The minimum Gasteiger partial charge on any atom is -0.492 e. The second-order valence-electron chi connectivity index (χ2n) is 7.07. The van der Waals surface area contributed by atoms with Gasteiger partial charge in [-0.3, -0.25) is 4.79 Å². The number of amides is 1. The van der Waals surface area contributed by atoms with E-state index in [0.29, 0.717) is 31.8 Å². The van der Waals surface area contributed by atoms with Crippen molar-refractivity contribution in [1.29, 1.82) is 0 Å². The molecule has 1 saturated heterocycles. The third kappa shape index (κ3) is 4.91. The first-order chi connectivity index (χ1) is 13.4. The third-order valence-corrected chi connectivity index (χ3v) is 6.55. The lowest BCUT2D eigenvalue weighted by atomic mass is 10.1. The van der Waals surface area contributed by atoms with Crippen LogP contribution in [-0.4, -0.2) is 44.9 Å². The van der Waals surface area contributed by atoms with E-state index in [4.69, 9.17) is 4.74 Å². The summed E-state index contributed by atoms with van der Waals surface area (Å²) < 4.78 is 32.5. The Morgan fingerprint density at radius 3 is 2.43 bits per heavy atom. The molecule has 0 radical (unpaired) electrons. The second kappa shape index (κ2) is 8.75. The molecule has 2 aromatic rings. The van der Waals surface area contributed by atoms with Crippen molar-refractivity contribution in [2.45, 2.75) is 31.6 Å². The molecule has 2 aromatic carbocycles. The van der Waals surface area contributed by atoms with Crippen molar-refractivity contribution in [2.75, 3.05) is 26.2 Å². The summed E-state index contributed by atoms with van der Waals surface area (Å²) in [5.74, 6) is 0.452. The van der Waals surface area contributed by atoms with E-state index in [1.807, 2.05) is 26.0 Å². The summed E-state index contributed by atoms with van der Waals surface area (Å²) in [7, 11) is -3.54. The summed E-state index contributed by atoms with van der Waals surface area (Å²) in [4.78, 5) is 12.6. The summed E-state index contributed by atoms with van der Waals surface area (Å²) in [6.07, 6.45) is 1.75. The fourth-order valence-electron chi connectivity index (χ4n) is 3.33. The van der Waals surface area contributed by atoms with Crippen LogP contribution < -0.4 is 10.1 Å². The van der Waals surface area contributed by atoms with Crippen LogP contribution in [0.2, 0.25) is 0 Å². The van der Waals surface area contributed by atoms with Crippen LogP contribution in [0.5, 0.6) is 5.75 Å². The van der Waals surface area contributed by atoms with Crippen molar-refractivity contribution >= 4 is 15.9 Å². The Kier molecular flexibility index (Phi) is 6.36. The molecule has 1 heterocycles. The average molecular weight is 403 g/mol. The first-order valence-electron chi connectivity index (χ1n) is 9.46. The van der Waals surface area contributed by atoms with Gasteiger partial charge in [0.25, 0.3) is 5.91 Å². The van der Waals surface area contributed by atoms with E-state index in [0.717, 1.165) is 29.7 Å². The minimum atomic E-state index is -3.54. The standard InChI is InChI=1S/C21H26N2O4S/c1-16-12-17(2)14-19(13-16)27-11-8-22-21(24)18-6-5-7-20(15-18)28(25,26)23-9-3-4-10-23/h5-7,12-15H,3-4,8-11H2,1-2H3,(H,22,24). The van der Waals surface area contributed by atoms with Gasteiger partial charge in [0.05, 0.1) is 11.4 Å². The van der Waals surface area contributed by atoms with Crippen LogP contribution in [0.3, 0.4) is 0 Å². The maximum absolute atomic E-state index is 12.7. The lowest BCUT2D eigenvalue weighted by Crippen LogP contribution is -2.30. The number of carbonyl (C=O) groups excluding carboxylic acids is 1. The van der Waals surface area contributed by atoms with E-state index in [1.165, 1.54) is 16.4 Å². The van der Waals surface area contributed by atoms with Crippen LogP contribution >= 0.6 is 0 Å². The largest absolute Gasteiger partial charge is 0.492 e. The van der Waals surface area contributed by atoms with Gasteiger partial charge in [0.15, 0.2) is 0 Å². The Labute approximate surface area is 166 Å². The second-order valence-corrected chi connectivity index (χ2v) is 9.00.